The third-order valence-corrected chi connectivity index (χ3v) is 4.95. The molecule has 2 aliphatic rings. The van der Waals surface area contributed by atoms with E-state index in [0.29, 0.717) is 29.2 Å². The highest BCUT2D eigenvalue weighted by Crippen LogP contribution is 2.25. The fraction of sp³-hybridized carbons (Fsp3) is 0.471. The summed E-state index contributed by atoms with van der Waals surface area (Å²) < 4.78 is 6.93. The lowest BCUT2D eigenvalue weighted by Gasteiger charge is -2.33. The molecule has 0 radical (unpaired) electrons. The molecule has 0 spiro atoms. The van der Waals surface area contributed by atoms with Crippen LogP contribution in [0.25, 0.3) is 17.2 Å². The molecule has 0 amide bonds. The summed E-state index contributed by atoms with van der Waals surface area (Å²) in [5.74, 6) is 2.35. The van der Waals surface area contributed by atoms with Crippen LogP contribution in [-0.2, 0) is 0 Å². The van der Waals surface area contributed by atoms with Gasteiger partial charge in [-0.05, 0) is 37.8 Å². The number of fused-ring (bicyclic) bond motifs is 1. The predicted molar refractivity (Wildman–Crippen MR) is 94.3 cm³/mol. The normalized spacial score (nSPS) is 19.0. The van der Waals surface area contributed by atoms with E-state index in [1.165, 1.54) is 12.8 Å². The second-order valence-electron chi connectivity index (χ2n) is 6.86. The molecule has 2 fully saturated rings. The van der Waals surface area contributed by atoms with Crippen LogP contribution in [0.4, 0.5) is 11.8 Å². The van der Waals surface area contributed by atoms with E-state index in [0.717, 1.165) is 37.8 Å². The van der Waals surface area contributed by atoms with Gasteiger partial charge in [-0.1, -0.05) is 0 Å². The van der Waals surface area contributed by atoms with Crippen LogP contribution < -0.4 is 16.0 Å². The number of aromatic nitrogens is 4. The summed E-state index contributed by atoms with van der Waals surface area (Å²) in [6.07, 6.45) is 6.54. The number of nitrogens with two attached hydrogens (primary N) is 1. The standard InChI is InChI=1S/C17H21N7O/c18-17-21-14(23-7-5-12(6-8-23)19-11-3-4-11)10-15-20-16(22-24(15)17)13-2-1-9-25-13/h1-2,9-12,19H,3-8H2,(H2,18,21). The second-order valence-corrected chi connectivity index (χ2v) is 6.86. The molecule has 0 atom stereocenters. The lowest BCUT2D eigenvalue weighted by atomic mass is 10.1. The quantitative estimate of drug-likeness (QED) is 0.746. The second kappa shape index (κ2) is 5.73. The summed E-state index contributed by atoms with van der Waals surface area (Å²) in [6, 6.07) is 6.98. The molecular weight excluding hydrogens is 318 g/mol. The van der Waals surface area contributed by atoms with Crippen molar-refractivity contribution in [2.24, 2.45) is 0 Å². The topological polar surface area (TPSA) is 97.5 Å². The van der Waals surface area contributed by atoms with Crippen molar-refractivity contribution in [2.75, 3.05) is 23.7 Å². The van der Waals surface area contributed by atoms with Crippen LogP contribution in [0.5, 0.6) is 0 Å². The van der Waals surface area contributed by atoms with Crippen LogP contribution in [0, 0.1) is 0 Å². The Kier molecular flexibility index (Phi) is 3.37. The molecule has 8 nitrogen and oxygen atoms in total. The Labute approximate surface area is 145 Å². The van der Waals surface area contributed by atoms with E-state index in [2.05, 4.69) is 25.3 Å². The van der Waals surface area contributed by atoms with E-state index in [9.17, 15) is 0 Å². The molecule has 5 rings (SSSR count). The first-order chi connectivity index (χ1) is 12.3. The minimum atomic E-state index is 0.344. The van der Waals surface area contributed by atoms with Crippen molar-refractivity contribution >= 4 is 17.4 Å². The number of hydrogen-bond donors (Lipinski definition) is 2. The number of nitrogens with one attached hydrogen (secondary N) is 1. The zero-order valence-electron chi connectivity index (χ0n) is 13.9. The van der Waals surface area contributed by atoms with Gasteiger partial charge in [-0.25, -0.2) is 4.98 Å². The number of nitrogens with zero attached hydrogens (tertiary/aromatic N) is 5. The molecule has 0 aromatic carbocycles. The maximum atomic E-state index is 6.11. The Morgan fingerprint density at radius 3 is 2.64 bits per heavy atom. The van der Waals surface area contributed by atoms with Crippen molar-refractivity contribution in [1.29, 1.82) is 0 Å². The average Bonchev–Trinajstić information content (AvgIpc) is 3.12. The molecule has 3 aromatic rings. The fourth-order valence-corrected chi connectivity index (χ4v) is 3.43. The van der Waals surface area contributed by atoms with Crippen LogP contribution in [0.15, 0.2) is 28.9 Å². The van der Waals surface area contributed by atoms with Crippen LogP contribution in [0.3, 0.4) is 0 Å². The van der Waals surface area contributed by atoms with Crippen molar-refractivity contribution in [3.63, 3.8) is 0 Å². The van der Waals surface area contributed by atoms with Crippen molar-refractivity contribution < 1.29 is 4.42 Å². The Bertz CT molecular complexity index is 876. The molecule has 4 heterocycles. The zero-order valence-corrected chi connectivity index (χ0v) is 13.9. The summed E-state index contributed by atoms with van der Waals surface area (Å²) in [5.41, 5.74) is 6.80. The Balaban J connectivity index is 1.38. The molecule has 3 aromatic heterocycles. The van der Waals surface area contributed by atoms with Gasteiger partial charge in [-0.15, -0.1) is 5.10 Å². The number of rotatable bonds is 4. The van der Waals surface area contributed by atoms with Crippen molar-refractivity contribution in [3.8, 4) is 11.6 Å². The molecule has 25 heavy (non-hydrogen) atoms. The molecule has 3 N–H and O–H groups in total. The minimum absolute atomic E-state index is 0.344. The van der Waals surface area contributed by atoms with Gasteiger partial charge in [0.1, 0.15) is 5.82 Å². The van der Waals surface area contributed by atoms with Crippen molar-refractivity contribution in [2.45, 2.75) is 37.8 Å². The van der Waals surface area contributed by atoms with Gasteiger partial charge in [0.25, 0.3) is 0 Å². The summed E-state index contributed by atoms with van der Waals surface area (Å²) in [7, 11) is 0. The molecule has 0 bridgehead atoms. The number of piperidine rings is 1. The number of hydrogen-bond acceptors (Lipinski definition) is 7. The van der Waals surface area contributed by atoms with Crippen LogP contribution >= 0.6 is 0 Å². The molecule has 1 aliphatic carbocycles. The Hall–Kier alpha value is -2.61. The average molecular weight is 339 g/mol. The molecule has 8 heteroatoms. The predicted octanol–water partition coefficient (Wildman–Crippen LogP) is 1.69. The molecule has 0 unspecified atom stereocenters. The molecular formula is C17H21N7O. The zero-order chi connectivity index (χ0) is 16.8. The Morgan fingerprint density at radius 1 is 1.12 bits per heavy atom. The van der Waals surface area contributed by atoms with Crippen LogP contribution in [-0.4, -0.2) is 44.8 Å². The highest BCUT2D eigenvalue weighted by atomic mass is 16.3. The lowest BCUT2D eigenvalue weighted by Crippen LogP contribution is -2.43. The first kappa shape index (κ1) is 14.7. The van der Waals surface area contributed by atoms with Gasteiger partial charge in [-0.2, -0.15) is 9.50 Å². The first-order valence-electron chi connectivity index (χ1n) is 8.84. The maximum absolute atomic E-state index is 6.11. The summed E-state index contributed by atoms with van der Waals surface area (Å²) in [4.78, 5) is 11.3. The van der Waals surface area contributed by atoms with Gasteiger partial charge in [0, 0.05) is 31.2 Å². The Morgan fingerprint density at radius 2 is 1.92 bits per heavy atom. The number of nitrogen functional groups attached to an aromatic ring is 1. The minimum Gasteiger partial charge on any atom is -0.461 e. The highest BCUT2D eigenvalue weighted by Gasteiger charge is 2.27. The monoisotopic (exact) mass is 339 g/mol. The SMILES string of the molecule is Nc1nc(N2CCC(NC3CC3)CC2)cc2nc(-c3ccco3)nn12. The van der Waals surface area contributed by atoms with Crippen molar-refractivity contribution in [1.82, 2.24) is 24.9 Å². The summed E-state index contributed by atoms with van der Waals surface area (Å²) in [5, 5.41) is 8.10. The molecule has 1 saturated carbocycles. The third-order valence-electron chi connectivity index (χ3n) is 4.95. The number of anilines is 2. The van der Waals surface area contributed by atoms with E-state index in [-0.39, 0.29) is 0 Å². The van der Waals surface area contributed by atoms with Crippen LogP contribution in [0.2, 0.25) is 0 Å². The van der Waals surface area contributed by atoms with Crippen molar-refractivity contribution in [3.05, 3.63) is 24.5 Å². The first-order valence-corrected chi connectivity index (χ1v) is 8.84. The van der Waals surface area contributed by atoms with Crippen LogP contribution in [0.1, 0.15) is 25.7 Å². The molecule has 130 valence electrons. The van der Waals surface area contributed by atoms with Gasteiger partial charge in [0.05, 0.1) is 6.26 Å². The number of furan rings is 1. The van der Waals surface area contributed by atoms with Gasteiger partial charge in [0.2, 0.25) is 11.8 Å². The third kappa shape index (κ3) is 2.82. The molecule has 1 saturated heterocycles. The van der Waals surface area contributed by atoms with E-state index in [1.807, 2.05) is 18.2 Å². The summed E-state index contributed by atoms with van der Waals surface area (Å²) >= 11 is 0. The van der Waals surface area contributed by atoms with Gasteiger partial charge >= 0.3 is 0 Å². The highest BCUT2D eigenvalue weighted by molar-refractivity contribution is 5.59. The van der Waals surface area contributed by atoms with E-state index in [1.54, 1.807) is 10.8 Å². The largest absolute Gasteiger partial charge is 0.461 e. The van der Waals surface area contributed by atoms with Gasteiger partial charge in [0.15, 0.2) is 11.4 Å². The lowest BCUT2D eigenvalue weighted by molar-refractivity contribution is 0.411. The van der Waals surface area contributed by atoms with E-state index < -0.39 is 0 Å². The van der Waals surface area contributed by atoms with Gasteiger partial charge in [-0.3, -0.25) is 0 Å². The van der Waals surface area contributed by atoms with E-state index in [4.69, 9.17) is 10.2 Å². The van der Waals surface area contributed by atoms with E-state index >= 15 is 0 Å². The van der Waals surface area contributed by atoms with Gasteiger partial charge < -0.3 is 20.4 Å². The summed E-state index contributed by atoms with van der Waals surface area (Å²) in [6.45, 7) is 1.96. The smallest absolute Gasteiger partial charge is 0.225 e. The maximum Gasteiger partial charge on any atom is 0.225 e. The molecule has 1 aliphatic heterocycles. The fourth-order valence-electron chi connectivity index (χ4n) is 3.43.